The van der Waals surface area contributed by atoms with Crippen LogP contribution in [0.5, 0.6) is 11.6 Å². The van der Waals surface area contributed by atoms with Gasteiger partial charge in [-0.15, -0.1) is 0 Å². The smallest absolute Gasteiger partial charge is 0.416 e. The third kappa shape index (κ3) is 4.43. The molecule has 0 amide bonds. The number of aromatic hydroxyl groups is 1. The number of ether oxygens (including phenoxy) is 1. The average molecular weight is 483 g/mol. The average Bonchev–Trinajstić information content (AvgIpc) is 2.83. The molecule has 11 heteroatoms. The van der Waals surface area contributed by atoms with Crippen molar-refractivity contribution in [1.82, 2.24) is 4.57 Å². The van der Waals surface area contributed by atoms with Gasteiger partial charge in [-0.1, -0.05) is 24.3 Å². The number of hydrogen-bond donors (Lipinski definition) is 1. The predicted octanol–water partition coefficient (Wildman–Crippen LogP) is 5.38. The van der Waals surface area contributed by atoms with E-state index in [2.05, 4.69) is 4.99 Å². The van der Waals surface area contributed by atoms with E-state index >= 15 is 0 Å². The number of pyridine rings is 1. The lowest BCUT2D eigenvalue weighted by Gasteiger charge is -2.15. The van der Waals surface area contributed by atoms with Gasteiger partial charge in [0.1, 0.15) is 11.4 Å². The van der Waals surface area contributed by atoms with Gasteiger partial charge in [0.05, 0.1) is 34.9 Å². The van der Waals surface area contributed by atoms with Gasteiger partial charge in [0.2, 0.25) is 5.88 Å². The van der Waals surface area contributed by atoms with Crippen molar-refractivity contribution in [3.63, 3.8) is 0 Å². The van der Waals surface area contributed by atoms with Crippen LogP contribution in [0.25, 0.3) is 16.5 Å². The number of aliphatic imine (C=N–C) groups is 1. The summed E-state index contributed by atoms with van der Waals surface area (Å²) in [6.07, 6.45) is -3.54. The minimum absolute atomic E-state index is 0.0114. The molecule has 0 aliphatic carbocycles. The fourth-order valence-electron chi connectivity index (χ4n) is 3.57. The highest BCUT2D eigenvalue weighted by atomic mass is 19.4. The van der Waals surface area contributed by atoms with E-state index in [4.69, 9.17) is 4.74 Å². The number of fused-ring (bicyclic) bond motifs is 1. The summed E-state index contributed by atoms with van der Waals surface area (Å²) >= 11 is 0. The lowest BCUT2D eigenvalue weighted by atomic mass is 10.1. The molecule has 8 nitrogen and oxygen atoms in total. The molecule has 0 bridgehead atoms. The molecule has 0 unspecified atom stereocenters. The van der Waals surface area contributed by atoms with Gasteiger partial charge in [0.15, 0.2) is 0 Å². The second kappa shape index (κ2) is 8.93. The standard InChI is InChI=1S/C24H16F3N3O5/c1-35-16-9-10-20(21(12-16)30(33)34)28-13-19-17-7-2-3-8-18(17)22(31)29(23(19)32)15-6-4-5-14(11-15)24(25,26)27/h2-13,32H,1H3. The first-order valence-corrected chi connectivity index (χ1v) is 10.0. The highest BCUT2D eigenvalue weighted by molar-refractivity contribution is 6.02. The zero-order valence-electron chi connectivity index (χ0n) is 18.0. The van der Waals surface area contributed by atoms with Gasteiger partial charge in [-0.2, -0.15) is 13.2 Å². The van der Waals surface area contributed by atoms with Crippen molar-refractivity contribution in [3.8, 4) is 17.3 Å². The first-order valence-electron chi connectivity index (χ1n) is 10.0. The zero-order valence-corrected chi connectivity index (χ0v) is 18.0. The lowest BCUT2D eigenvalue weighted by molar-refractivity contribution is -0.384. The van der Waals surface area contributed by atoms with E-state index in [9.17, 15) is 33.2 Å². The second-order valence-electron chi connectivity index (χ2n) is 7.34. The van der Waals surface area contributed by atoms with Gasteiger partial charge in [0.25, 0.3) is 11.2 Å². The van der Waals surface area contributed by atoms with Crippen LogP contribution in [0, 0.1) is 10.1 Å². The largest absolute Gasteiger partial charge is 0.496 e. The summed E-state index contributed by atoms with van der Waals surface area (Å²) < 4.78 is 45.5. The molecule has 0 aliphatic heterocycles. The monoisotopic (exact) mass is 483 g/mol. The van der Waals surface area contributed by atoms with Crippen LogP contribution in [0.4, 0.5) is 24.5 Å². The Labute approximate surface area is 195 Å². The van der Waals surface area contributed by atoms with Gasteiger partial charge >= 0.3 is 6.18 Å². The Hall–Kier alpha value is -4.67. The maximum absolute atomic E-state index is 13.2. The fourth-order valence-corrected chi connectivity index (χ4v) is 3.57. The Kier molecular flexibility index (Phi) is 6.00. The summed E-state index contributed by atoms with van der Waals surface area (Å²) in [4.78, 5) is 28.1. The normalized spacial score (nSPS) is 11.8. The van der Waals surface area contributed by atoms with Crippen LogP contribution in [0.2, 0.25) is 0 Å². The van der Waals surface area contributed by atoms with Crippen LogP contribution in [-0.2, 0) is 6.18 Å². The summed E-state index contributed by atoms with van der Waals surface area (Å²) in [6, 6.07) is 14.1. The molecule has 35 heavy (non-hydrogen) atoms. The van der Waals surface area contributed by atoms with Crippen LogP contribution in [0.3, 0.4) is 0 Å². The Morgan fingerprint density at radius 1 is 1.06 bits per heavy atom. The van der Waals surface area contributed by atoms with Crippen LogP contribution in [0.15, 0.2) is 76.5 Å². The third-order valence-electron chi connectivity index (χ3n) is 5.25. The van der Waals surface area contributed by atoms with Gasteiger partial charge in [-0.3, -0.25) is 14.9 Å². The van der Waals surface area contributed by atoms with Crippen molar-refractivity contribution >= 4 is 28.4 Å². The first-order chi connectivity index (χ1) is 16.6. The molecule has 0 radical (unpaired) electrons. The molecule has 1 N–H and O–H groups in total. The third-order valence-corrected chi connectivity index (χ3v) is 5.25. The maximum Gasteiger partial charge on any atom is 0.416 e. The Balaban J connectivity index is 1.96. The number of benzene rings is 3. The maximum atomic E-state index is 13.2. The summed E-state index contributed by atoms with van der Waals surface area (Å²) in [5, 5.41) is 22.8. The van der Waals surface area contributed by atoms with Crippen molar-refractivity contribution in [3.05, 3.63) is 98.3 Å². The number of aromatic nitrogens is 1. The number of hydrogen-bond acceptors (Lipinski definition) is 6. The van der Waals surface area contributed by atoms with Crippen molar-refractivity contribution in [1.29, 1.82) is 0 Å². The highest BCUT2D eigenvalue weighted by Gasteiger charge is 2.31. The second-order valence-corrected chi connectivity index (χ2v) is 7.34. The molecular weight excluding hydrogens is 467 g/mol. The molecule has 0 atom stereocenters. The molecule has 3 aromatic carbocycles. The number of nitrogens with zero attached hydrogens (tertiary/aromatic N) is 3. The summed E-state index contributed by atoms with van der Waals surface area (Å²) in [5.74, 6) is -0.435. The van der Waals surface area contributed by atoms with Crippen molar-refractivity contribution in [2.24, 2.45) is 4.99 Å². The summed E-state index contributed by atoms with van der Waals surface area (Å²) in [6.45, 7) is 0. The number of halogens is 3. The number of rotatable bonds is 5. The van der Waals surface area contributed by atoms with E-state index in [1.807, 2.05) is 0 Å². The van der Waals surface area contributed by atoms with Gasteiger partial charge in [-0.05, 0) is 36.4 Å². The summed E-state index contributed by atoms with van der Waals surface area (Å²) in [7, 11) is 1.35. The zero-order chi connectivity index (χ0) is 25.3. The minimum Gasteiger partial charge on any atom is -0.496 e. The van der Waals surface area contributed by atoms with Crippen LogP contribution in [0.1, 0.15) is 11.1 Å². The van der Waals surface area contributed by atoms with E-state index in [0.717, 1.165) is 29.0 Å². The predicted molar refractivity (Wildman–Crippen MR) is 123 cm³/mol. The van der Waals surface area contributed by atoms with Gasteiger partial charge < -0.3 is 9.84 Å². The molecule has 0 spiro atoms. The molecule has 4 aromatic rings. The molecule has 0 saturated heterocycles. The van der Waals surface area contributed by atoms with Gasteiger partial charge in [-0.25, -0.2) is 9.56 Å². The fraction of sp³-hybridized carbons (Fsp3) is 0.0833. The van der Waals surface area contributed by atoms with Crippen LogP contribution < -0.4 is 10.3 Å². The van der Waals surface area contributed by atoms with Crippen molar-refractivity contribution < 1.29 is 27.9 Å². The number of alkyl halides is 3. The molecule has 1 heterocycles. The Bertz CT molecular complexity index is 1540. The highest BCUT2D eigenvalue weighted by Crippen LogP contribution is 2.34. The molecule has 0 aliphatic rings. The number of nitro groups is 1. The van der Waals surface area contributed by atoms with Gasteiger partial charge in [0, 0.05) is 17.0 Å². The van der Waals surface area contributed by atoms with Crippen LogP contribution in [-0.4, -0.2) is 27.9 Å². The van der Waals surface area contributed by atoms with Crippen molar-refractivity contribution in [2.45, 2.75) is 6.18 Å². The molecule has 4 rings (SSSR count). The molecular formula is C24H16F3N3O5. The first kappa shape index (κ1) is 23.5. The summed E-state index contributed by atoms with van der Waals surface area (Å²) in [5.41, 5.74) is -2.39. The van der Waals surface area contributed by atoms with Crippen molar-refractivity contribution in [2.75, 3.05) is 7.11 Å². The topological polar surface area (TPSA) is 107 Å². The SMILES string of the molecule is COc1ccc(N=Cc2c(O)n(-c3cccc(C(F)(F)F)c3)c(=O)c3ccccc23)c([N+](=O)[O-])c1. The molecule has 0 fully saturated rings. The Morgan fingerprint density at radius 2 is 1.77 bits per heavy atom. The quantitative estimate of drug-likeness (QED) is 0.233. The number of methoxy groups -OCH3 is 1. The van der Waals surface area contributed by atoms with E-state index < -0.39 is 28.1 Å². The lowest BCUT2D eigenvalue weighted by Crippen LogP contribution is -2.20. The molecule has 0 saturated carbocycles. The molecule has 178 valence electrons. The van der Waals surface area contributed by atoms with E-state index in [-0.39, 0.29) is 39.1 Å². The van der Waals surface area contributed by atoms with E-state index in [0.29, 0.717) is 0 Å². The van der Waals surface area contributed by atoms with Crippen LogP contribution >= 0.6 is 0 Å². The minimum atomic E-state index is -4.66. The van der Waals surface area contributed by atoms with E-state index in [1.54, 1.807) is 12.1 Å². The Morgan fingerprint density at radius 3 is 2.43 bits per heavy atom. The molecule has 1 aromatic heterocycles. The van der Waals surface area contributed by atoms with E-state index in [1.165, 1.54) is 43.5 Å². The number of nitro benzene ring substituents is 1.